The highest BCUT2D eigenvalue weighted by atomic mass is 32.2. The summed E-state index contributed by atoms with van der Waals surface area (Å²) >= 11 is 3.44. The Morgan fingerprint density at radius 3 is 2.65 bits per heavy atom. The Bertz CT molecular complexity index is 475. The normalized spacial score (nSPS) is 16.5. The van der Waals surface area contributed by atoms with Crippen LogP contribution in [0.2, 0.25) is 0 Å². The molecule has 0 saturated heterocycles. The van der Waals surface area contributed by atoms with Gasteiger partial charge in [-0.2, -0.15) is 4.37 Å². The fourth-order valence-electron chi connectivity index (χ4n) is 2.11. The Morgan fingerprint density at radius 2 is 1.88 bits per heavy atom. The third kappa shape index (κ3) is 2.69. The minimum Gasteiger partial charge on any atom is -0.208 e. The molecule has 88 valence electrons. The zero-order valence-corrected chi connectivity index (χ0v) is 11.1. The van der Waals surface area contributed by atoms with E-state index >= 15 is 0 Å². The van der Waals surface area contributed by atoms with Gasteiger partial charge in [0.05, 0.1) is 0 Å². The van der Waals surface area contributed by atoms with Gasteiger partial charge in [0.2, 0.25) is 0 Å². The minimum atomic E-state index is 0.770. The number of benzene rings is 1. The van der Waals surface area contributed by atoms with Crippen LogP contribution in [-0.4, -0.2) is 14.6 Å². The molecule has 1 aliphatic carbocycles. The molecule has 17 heavy (non-hydrogen) atoms. The number of hydrogen-bond acceptors (Lipinski definition) is 4. The Hall–Kier alpha value is -0.870. The summed E-state index contributed by atoms with van der Waals surface area (Å²) in [7, 11) is 0. The summed E-state index contributed by atoms with van der Waals surface area (Å²) in [4.78, 5) is 4.61. The van der Waals surface area contributed by atoms with E-state index in [1.807, 2.05) is 30.0 Å². The summed E-state index contributed by atoms with van der Waals surface area (Å²) < 4.78 is 5.56. The van der Waals surface area contributed by atoms with Crippen molar-refractivity contribution in [3.05, 3.63) is 30.3 Å². The van der Waals surface area contributed by atoms with Gasteiger partial charge < -0.3 is 0 Å². The first kappa shape index (κ1) is 11.2. The second-order valence-electron chi connectivity index (χ2n) is 4.27. The van der Waals surface area contributed by atoms with Gasteiger partial charge >= 0.3 is 0 Å². The molecule has 1 fully saturated rings. The van der Waals surface area contributed by atoms with E-state index in [9.17, 15) is 0 Å². The van der Waals surface area contributed by atoms with Crippen LogP contribution in [0.15, 0.2) is 34.7 Å². The monoisotopic (exact) mass is 262 g/mol. The van der Waals surface area contributed by atoms with Crippen molar-refractivity contribution < 1.29 is 0 Å². The van der Waals surface area contributed by atoms with Crippen molar-refractivity contribution in [1.29, 1.82) is 0 Å². The molecule has 1 aromatic heterocycles. The topological polar surface area (TPSA) is 25.8 Å². The van der Waals surface area contributed by atoms with Gasteiger partial charge in [-0.1, -0.05) is 54.9 Å². The Balaban J connectivity index is 1.74. The quantitative estimate of drug-likeness (QED) is 0.827. The number of rotatable bonds is 3. The van der Waals surface area contributed by atoms with Gasteiger partial charge in [0.25, 0.3) is 0 Å². The highest BCUT2D eigenvalue weighted by Crippen LogP contribution is 2.36. The zero-order valence-electron chi connectivity index (χ0n) is 9.50. The molecule has 0 spiro atoms. The fourth-order valence-corrected chi connectivity index (χ4v) is 4.23. The summed E-state index contributed by atoms with van der Waals surface area (Å²) in [6.45, 7) is 0. The second-order valence-corrected chi connectivity index (χ2v) is 6.57. The summed E-state index contributed by atoms with van der Waals surface area (Å²) in [6.07, 6.45) is 5.43. The molecule has 0 unspecified atom stereocenters. The second kappa shape index (κ2) is 5.19. The van der Waals surface area contributed by atoms with E-state index in [1.54, 1.807) is 0 Å². The standard InChI is InChI=1S/C13H14N2S2/c1-2-6-10(7-3-1)12-14-13(17-15-12)16-11-8-4-5-9-11/h1-3,6-7,11H,4-5,8-9H2. The maximum Gasteiger partial charge on any atom is 0.174 e. The predicted molar refractivity (Wildman–Crippen MR) is 73.5 cm³/mol. The van der Waals surface area contributed by atoms with Gasteiger partial charge in [0.15, 0.2) is 10.2 Å². The van der Waals surface area contributed by atoms with Crippen molar-refractivity contribution in [3.8, 4) is 11.4 Å². The largest absolute Gasteiger partial charge is 0.208 e. The van der Waals surface area contributed by atoms with Crippen molar-refractivity contribution in [2.45, 2.75) is 35.3 Å². The van der Waals surface area contributed by atoms with Crippen LogP contribution < -0.4 is 0 Å². The average Bonchev–Trinajstić information content (AvgIpc) is 3.02. The average molecular weight is 262 g/mol. The molecule has 0 atom stereocenters. The molecule has 0 aliphatic heterocycles. The third-order valence-corrected chi connectivity index (χ3v) is 5.13. The number of aromatic nitrogens is 2. The third-order valence-electron chi connectivity index (χ3n) is 3.01. The van der Waals surface area contributed by atoms with Gasteiger partial charge in [0, 0.05) is 10.8 Å². The molecule has 2 aromatic rings. The van der Waals surface area contributed by atoms with Crippen LogP contribution in [-0.2, 0) is 0 Å². The smallest absolute Gasteiger partial charge is 0.174 e. The molecule has 3 rings (SSSR count). The molecule has 2 nitrogen and oxygen atoms in total. The lowest BCUT2D eigenvalue weighted by molar-refractivity contribution is 0.886. The van der Waals surface area contributed by atoms with Gasteiger partial charge in [-0.25, -0.2) is 4.98 Å². The summed E-state index contributed by atoms with van der Waals surface area (Å²) in [5.74, 6) is 0.871. The maximum atomic E-state index is 4.61. The van der Waals surface area contributed by atoms with Gasteiger partial charge in [0.1, 0.15) is 0 Å². The SMILES string of the molecule is c1ccc(-c2nsc(SC3CCCC3)n2)cc1. The van der Waals surface area contributed by atoms with E-state index in [2.05, 4.69) is 21.5 Å². The molecule has 0 radical (unpaired) electrons. The first-order chi connectivity index (χ1) is 8.42. The molecule has 1 aromatic carbocycles. The van der Waals surface area contributed by atoms with E-state index in [4.69, 9.17) is 0 Å². The van der Waals surface area contributed by atoms with E-state index in [0.29, 0.717) is 0 Å². The molecular formula is C13H14N2S2. The number of thioether (sulfide) groups is 1. The molecule has 0 bridgehead atoms. The molecule has 4 heteroatoms. The van der Waals surface area contributed by atoms with Crippen molar-refractivity contribution in [2.24, 2.45) is 0 Å². The molecule has 0 amide bonds. The summed E-state index contributed by atoms with van der Waals surface area (Å²) in [5.41, 5.74) is 1.11. The van der Waals surface area contributed by atoms with E-state index in [1.165, 1.54) is 37.2 Å². The van der Waals surface area contributed by atoms with E-state index < -0.39 is 0 Å². The first-order valence-corrected chi connectivity index (χ1v) is 7.63. The fraction of sp³-hybridized carbons (Fsp3) is 0.385. The first-order valence-electron chi connectivity index (χ1n) is 5.97. The van der Waals surface area contributed by atoms with Crippen molar-refractivity contribution >= 4 is 23.3 Å². The summed E-state index contributed by atoms with van der Waals surface area (Å²) in [5, 5.41) is 0.770. The van der Waals surface area contributed by atoms with Crippen molar-refractivity contribution in [1.82, 2.24) is 9.36 Å². The lowest BCUT2D eigenvalue weighted by atomic mass is 10.2. The van der Waals surface area contributed by atoms with Crippen LogP contribution in [0.25, 0.3) is 11.4 Å². The van der Waals surface area contributed by atoms with Gasteiger partial charge in [-0.05, 0) is 24.4 Å². The minimum absolute atomic E-state index is 0.770. The molecular weight excluding hydrogens is 248 g/mol. The zero-order chi connectivity index (χ0) is 11.5. The number of hydrogen-bond donors (Lipinski definition) is 0. The van der Waals surface area contributed by atoms with Crippen LogP contribution in [0.1, 0.15) is 25.7 Å². The lowest BCUT2D eigenvalue weighted by Crippen LogP contribution is -1.92. The van der Waals surface area contributed by atoms with E-state index in [0.717, 1.165) is 21.0 Å². The predicted octanol–water partition coefficient (Wildman–Crippen LogP) is 4.24. The van der Waals surface area contributed by atoms with Crippen molar-refractivity contribution in [3.63, 3.8) is 0 Å². The lowest BCUT2D eigenvalue weighted by Gasteiger charge is -2.03. The van der Waals surface area contributed by atoms with Crippen LogP contribution in [0.3, 0.4) is 0 Å². The van der Waals surface area contributed by atoms with E-state index in [-0.39, 0.29) is 0 Å². The van der Waals surface area contributed by atoms with Crippen LogP contribution in [0, 0.1) is 0 Å². The molecule has 0 N–H and O–H groups in total. The Kier molecular flexibility index (Phi) is 3.43. The Labute approximate surface area is 110 Å². The van der Waals surface area contributed by atoms with Gasteiger partial charge in [-0.15, -0.1) is 0 Å². The van der Waals surface area contributed by atoms with Crippen LogP contribution in [0.4, 0.5) is 0 Å². The maximum absolute atomic E-state index is 4.61. The van der Waals surface area contributed by atoms with Crippen LogP contribution in [0.5, 0.6) is 0 Å². The molecule has 1 saturated carbocycles. The molecule has 1 heterocycles. The van der Waals surface area contributed by atoms with Crippen LogP contribution >= 0.6 is 23.3 Å². The number of nitrogens with zero attached hydrogens (tertiary/aromatic N) is 2. The summed E-state index contributed by atoms with van der Waals surface area (Å²) in [6, 6.07) is 10.2. The highest BCUT2D eigenvalue weighted by molar-refractivity contribution is 8.01. The highest BCUT2D eigenvalue weighted by Gasteiger charge is 2.18. The van der Waals surface area contributed by atoms with Gasteiger partial charge in [-0.3, -0.25) is 0 Å². The Morgan fingerprint density at radius 1 is 1.12 bits per heavy atom. The molecule has 1 aliphatic rings. The van der Waals surface area contributed by atoms with Crippen molar-refractivity contribution in [2.75, 3.05) is 0 Å².